The predicted molar refractivity (Wildman–Crippen MR) is 249 cm³/mol. The normalized spacial score (nSPS) is 16.4. The zero-order valence-electron chi connectivity index (χ0n) is 37.5. The van der Waals surface area contributed by atoms with E-state index in [9.17, 15) is 37.1 Å². The number of ether oxygens (including phenoxy) is 1. The lowest BCUT2D eigenvalue weighted by atomic mass is 9.96. The molecule has 0 radical (unpaired) electrons. The average molecular weight is 917 g/mol. The minimum atomic E-state index is -4.44. The maximum atomic E-state index is 13.2. The van der Waals surface area contributed by atoms with E-state index in [0.29, 0.717) is 54.2 Å². The Morgan fingerprint density at radius 2 is 1.52 bits per heavy atom. The van der Waals surface area contributed by atoms with E-state index in [0.717, 1.165) is 105 Å². The van der Waals surface area contributed by atoms with E-state index < -0.39 is 17.8 Å². The Morgan fingerprint density at radius 3 is 2.22 bits per heavy atom. The molecule has 350 valence electrons. The summed E-state index contributed by atoms with van der Waals surface area (Å²) in [6, 6.07) is 28.1. The molecule has 1 atom stereocenters. The van der Waals surface area contributed by atoms with Gasteiger partial charge in [0, 0.05) is 81.0 Å². The maximum Gasteiger partial charge on any atom is 0.416 e. The fraction of sp³-hybridized carbons (Fsp3) is 0.365. The van der Waals surface area contributed by atoms with E-state index in [2.05, 4.69) is 31.4 Å². The molecule has 0 spiro atoms. The molecule has 67 heavy (non-hydrogen) atoms. The molecule has 3 aliphatic heterocycles. The zero-order chi connectivity index (χ0) is 47.1. The van der Waals surface area contributed by atoms with E-state index in [1.807, 2.05) is 42.5 Å². The average Bonchev–Trinajstić information content (AvgIpc) is 3.65. The third-order valence-corrected chi connectivity index (χ3v) is 13.0. The number of carbonyl (C=O) groups is 5. The number of anilines is 1. The number of carbonyl (C=O) groups excluding carboxylic acids is 5. The van der Waals surface area contributed by atoms with Crippen LogP contribution in [0.4, 0.5) is 18.9 Å². The van der Waals surface area contributed by atoms with Gasteiger partial charge in [-0.1, -0.05) is 36.4 Å². The topological polar surface area (TPSA) is 132 Å². The Hall–Kier alpha value is -6.58. The molecule has 12 nitrogen and oxygen atoms in total. The van der Waals surface area contributed by atoms with Crippen molar-refractivity contribution in [3.8, 4) is 11.5 Å². The van der Waals surface area contributed by atoms with Crippen molar-refractivity contribution >= 4 is 46.3 Å². The number of aldehydes is 1. The number of halogens is 3. The van der Waals surface area contributed by atoms with Crippen molar-refractivity contribution in [1.29, 1.82) is 0 Å². The molecule has 0 aromatic heterocycles. The second-order valence-corrected chi connectivity index (χ2v) is 17.8. The van der Waals surface area contributed by atoms with Crippen molar-refractivity contribution in [1.82, 2.24) is 25.3 Å². The first-order valence-electron chi connectivity index (χ1n) is 22.9. The van der Waals surface area contributed by atoms with Crippen LogP contribution in [0.5, 0.6) is 11.5 Å². The predicted octanol–water partition coefficient (Wildman–Crippen LogP) is 7.62. The molecular weight excluding hydrogens is 862 g/mol. The summed E-state index contributed by atoms with van der Waals surface area (Å²) < 4.78 is 44.9. The number of fused-ring (bicyclic) bond motifs is 2. The third-order valence-electron chi connectivity index (χ3n) is 13.0. The smallest absolute Gasteiger partial charge is 0.416 e. The number of benzene rings is 5. The van der Waals surface area contributed by atoms with Crippen molar-refractivity contribution in [3.63, 3.8) is 0 Å². The number of piperidine rings is 1. The molecule has 15 heteroatoms. The fourth-order valence-electron chi connectivity index (χ4n) is 9.24. The molecule has 5 aromatic rings. The summed E-state index contributed by atoms with van der Waals surface area (Å²) in [6.07, 6.45) is -0.986. The first kappa shape index (κ1) is 46.9. The molecule has 2 N–H and O–H groups in total. The Balaban J connectivity index is 0.731. The molecule has 0 saturated carbocycles. The number of likely N-dealkylation sites (tertiary alicyclic amines) is 1. The highest BCUT2D eigenvalue weighted by Crippen LogP contribution is 2.35. The van der Waals surface area contributed by atoms with Gasteiger partial charge < -0.3 is 34.8 Å². The Labute approximate surface area is 388 Å². The standard InChI is InChI=1S/C52H55F3N6O6/c1-35(63)8-12-44(34-62)61-32-41-28-43(13-17-47(41)51(61)66)60-24-22-59(23-25-60)31-36-18-20-58(21-19-36)33-49(64)56-29-37-4-2-5-38(26-37)30-57-50(65)40-9-16-46-39(27-40)6-3-7-48(46)67-45-14-10-42(11-15-45)52(53,54)55/h2-7,9-11,13-17,26-28,34,36,44H,8,12,18-25,29-33H2,1H3,(H,56,64)(H,57,65). The molecule has 2 fully saturated rings. The minimum absolute atomic E-state index is 0.00218. The van der Waals surface area contributed by atoms with Gasteiger partial charge in [-0.15, -0.1) is 0 Å². The van der Waals surface area contributed by atoms with E-state index >= 15 is 0 Å². The molecule has 1 unspecified atom stereocenters. The second-order valence-electron chi connectivity index (χ2n) is 17.8. The highest BCUT2D eigenvalue weighted by Gasteiger charge is 2.34. The lowest BCUT2D eigenvalue weighted by Gasteiger charge is -2.39. The van der Waals surface area contributed by atoms with E-state index in [1.54, 1.807) is 35.2 Å². The van der Waals surface area contributed by atoms with Crippen LogP contribution in [0, 0.1) is 5.92 Å². The summed E-state index contributed by atoms with van der Waals surface area (Å²) in [5.74, 6) is 0.838. The first-order chi connectivity index (χ1) is 32.3. The molecule has 0 bridgehead atoms. The summed E-state index contributed by atoms with van der Waals surface area (Å²) >= 11 is 0. The molecule has 8 rings (SSSR count). The van der Waals surface area contributed by atoms with Crippen LogP contribution in [0.15, 0.2) is 103 Å². The van der Waals surface area contributed by atoms with Crippen LogP contribution in [0.1, 0.15) is 75.6 Å². The quantitative estimate of drug-likeness (QED) is 0.0905. The summed E-state index contributed by atoms with van der Waals surface area (Å²) in [4.78, 5) is 71.2. The van der Waals surface area contributed by atoms with Gasteiger partial charge in [0.05, 0.1) is 18.2 Å². The van der Waals surface area contributed by atoms with Crippen molar-refractivity contribution in [2.24, 2.45) is 5.92 Å². The Bertz CT molecular complexity index is 2610. The number of rotatable bonds is 17. The summed E-state index contributed by atoms with van der Waals surface area (Å²) in [7, 11) is 0. The number of hydrogen-bond acceptors (Lipinski definition) is 9. The molecular formula is C52H55F3N6O6. The van der Waals surface area contributed by atoms with Gasteiger partial charge in [-0.25, -0.2) is 0 Å². The maximum absolute atomic E-state index is 13.2. The molecule has 0 aliphatic carbocycles. The highest BCUT2D eigenvalue weighted by molar-refractivity contribution is 6.01. The molecule has 3 heterocycles. The van der Waals surface area contributed by atoms with Crippen molar-refractivity contribution < 1.29 is 41.9 Å². The molecule has 3 aliphatic rings. The van der Waals surface area contributed by atoms with Crippen LogP contribution in [0.2, 0.25) is 0 Å². The van der Waals surface area contributed by atoms with Crippen LogP contribution < -0.4 is 20.3 Å². The van der Waals surface area contributed by atoms with Gasteiger partial charge in [0.25, 0.3) is 11.8 Å². The number of nitrogens with one attached hydrogen (secondary N) is 2. The SMILES string of the molecule is CC(=O)CCC(C=O)N1Cc2cc(N3CCN(CC4CCN(CC(=O)NCc5cccc(CNC(=O)c6ccc7c(Oc8ccc(C(F)(F)F)cc8)cccc7c6)c5)CC4)CC3)ccc2C1=O. The summed E-state index contributed by atoms with van der Waals surface area (Å²) in [5, 5.41) is 7.47. The van der Waals surface area contributed by atoms with Gasteiger partial charge in [-0.3, -0.25) is 24.2 Å². The summed E-state index contributed by atoms with van der Waals surface area (Å²) in [6.45, 7) is 9.29. The second kappa shape index (κ2) is 20.9. The molecule has 2 saturated heterocycles. The lowest BCUT2D eigenvalue weighted by molar-refractivity contribution is -0.137. The Morgan fingerprint density at radius 1 is 0.806 bits per heavy atom. The van der Waals surface area contributed by atoms with Crippen LogP contribution >= 0.6 is 0 Å². The monoisotopic (exact) mass is 916 g/mol. The van der Waals surface area contributed by atoms with Crippen molar-refractivity contribution in [2.45, 2.75) is 64.5 Å². The largest absolute Gasteiger partial charge is 0.457 e. The molecule has 5 aromatic carbocycles. The van der Waals surface area contributed by atoms with Crippen molar-refractivity contribution in [2.75, 3.05) is 57.3 Å². The molecule has 3 amide bonds. The number of hydrogen-bond donors (Lipinski definition) is 2. The number of Topliss-reactive ketones (excluding diaryl/α,β-unsaturated/α-hetero) is 1. The van der Waals surface area contributed by atoms with Gasteiger partial charge >= 0.3 is 6.18 Å². The lowest BCUT2D eigenvalue weighted by Crippen LogP contribution is -2.49. The third kappa shape index (κ3) is 11.9. The number of amides is 3. The minimum Gasteiger partial charge on any atom is -0.457 e. The number of nitrogens with zero attached hydrogens (tertiary/aromatic N) is 4. The number of alkyl halides is 3. The van der Waals surface area contributed by atoms with Gasteiger partial charge in [-0.05, 0) is 134 Å². The van der Waals surface area contributed by atoms with E-state index in [-0.39, 0.29) is 42.2 Å². The van der Waals surface area contributed by atoms with Gasteiger partial charge in [-0.2, -0.15) is 13.2 Å². The van der Waals surface area contributed by atoms with E-state index in [4.69, 9.17) is 4.74 Å². The van der Waals surface area contributed by atoms with Gasteiger partial charge in [0.15, 0.2) is 0 Å². The van der Waals surface area contributed by atoms with Crippen LogP contribution in [0.25, 0.3) is 10.8 Å². The Kier molecular flexibility index (Phi) is 14.7. The van der Waals surface area contributed by atoms with E-state index in [1.165, 1.54) is 19.1 Å². The number of piperazine rings is 1. The van der Waals surface area contributed by atoms with Gasteiger partial charge in [0.2, 0.25) is 5.91 Å². The summed E-state index contributed by atoms with van der Waals surface area (Å²) in [5.41, 5.74) is 4.13. The van der Waals surface area contributed by atoms with Crippen LogP contribution in [0.3, 0.4) is 0 Å². The number of ketones is 1. The zero-order valence-corrected chi connectivity index (χ0v) is 37.5. The van der Waals surface area contributed by atoms with Crippen LogP contribution in [-0.2, 0) is 40.2 Å². The first-order valence-corrected chi connectivity index (χ1v) is 22.9. The fourth-order valence-corrected chi connectivity index (χ4v) is 9.24. The highest BCUT2D eigenvalue weighted by atomic mass is 19.4. The van der Waals surface area contributed by atoms with Gasteiger partial charge in [0.1, 0.15) is 23.6 Å². The van der Waals surface area contributed by atoms with Crippen LogP contribution in [-0.4, -0.2) is 103 Å². The van der Waals surface area contributed by atoms with Crippen molar-refractivity contribution in [3.05, 3.63) is 137 Å².